The largest absolute Gasteiger partial charge is 0.338 e. The van der Waals surface area contributed by atoms with E-state index in [4.69, 9.17) is 0 Å². The van der Waals surface area contributed by atoms with Crippen LogP contribution >= 0.6 is 0 Å². The zero-order valence-electron chi connectivity index (χ0n) is 16.5. The molecule has 1 aromatic carbocycles. The molecule has 2 aliphatic rings. The van der Waals surface area contributed by atoms with Gasteiger partial charge in [-0.2, -0.15) is 0 Å². The number of likely N-dealkylation sites (N-methyl/N-ethyl adjacent to an activating group) is 1. The quantitative estimate of drug-likeness (QED) is 0.809. The smallest absolute Gasteiger partial charge is 0.325 e. The van der Waals surface area contributed by atoms with Crippen LogP contribution in [0.1, 0.15) is 57.1 Å². The number of amides is 4. The van der Waals surface area contributed by atoms with Crippen LogP contribution in [-0.4, -0.2) is 46.8 Å². The van der Waals surface area contributed by atoms with E-state index in [9.17, 15) is 14.4 Å². The highest BCUT2D eigenvalue weighted by molar-refractivity contribution is 6.09. The highest BCUT2D eigenvalue weighted by Crippen LogP contribution is 2.29. The van der Waals surface area contributed by atoms with Crippen molar-refractivity contribution in [3.63, 3.8) is 0 Å². The second-order valence-corrected chi connectivity index (χ2v) is 7.78. The third-order valence-electron chi connectivity index (χ3n) is 5.87. The van der Waals surface area contributed by atoms with Gasteiger partial charge in [-0.3, -0.25) is 14.5 Å². The van der Waals surface area contributed by atoms with Crippen molar-refractivity contribution in [2.75, 3.05) is 13.1 Å². The predicted octanol–water partition coefficient (Wildman–Crippen LogP) is 2.94. The van der Waals surface area contributed by atoms with Crippen LogP contribution in [0.3, 0.4) is 0 Å². The van der Waals surface area contributed by atoms with Crippen LogP contribution in [0.2, 0.25) is 0 Å². The van der Waals surface area contributed by atoms with Crippen LogP contribution in [0.4, 0.5) is 4.79 Å². The molecule has 2 fully saturated rings. The lowest BCUT2D eigenvalue weighted by Gasteiger charge is -2.34. The number of rotatable bonds is 5. The minimum atomic E-state index is -1.13. The first-order chi connectivity index (χ1) is 12.9. The molecule has 1 atom stereocenters. The van der Waals surface area contributed by atoms with E-state index in [2.05, 4.69) is 5.32 Å². The van der Waals surface area contributed by atoms with Gasteiger partial charge in [-0.15, -0.1) is 0 Å². The third kappa shape index (κ3) is 3.70. The second-order valence-electron chi connectivity index (χ2n) is 7.78. The van der Waals surface area contributed by atoms with Gasteiger partial charge < -0.3 is 10.2 Å². The lowest BCUT2D eigenvalue weighted by atomic mass is 9.91. The van der Waals surface area contributed by atoms with Gasteiger partial charge in [0, 0.05) is 12.6 Å². The van der Waals surface area contributed by atoms with Crippen LogP contribution in [0, 0.1) is 6.92 Å². The fourth-order valence-corrected chi connectivity index (χ4v) is 4.18. The van der Waals surface area contributed by atoms with Crippen molar-refractivity contribution in [3.05, 3.63) is 35.4 Å². The Labute approximate surface area is 160 Å². The number of carbonyl (C=O) groups excluding carboxylic acids is 3. The summed E-state index contributed by atoms with van der Waals surface area (Å²) in [7, 11) is 0. The van der Waals surface area contributed by atoms with Crippen molar-refractivity contribution in [3.8, 4) is 0 Å². The predicted molar refractivity (Wildman–Crippen MR) is 103 cm³/mol. The highest BCUT2D eigenvalue weighted by Gasteiger charge is 2.49. The summed E-state index contributed by atoms with van der Waals surface area (Å²) in [5.74, 6) is -0.523. The normalized spacial score (nSPS) is 23.4. The molecular weight excluding hydrogens is 342 g/mol. The Balaban J connectivity index is 1.74. The molecule has 1 aromatic rings. The SMILES string of the molecule is CCN(C(=O)CN1C(=O)N[C@@](C)(c2ccc(C)cc2)C1=O)C1CCCCC1. The van der Waals surface area contributed by atoms with E-state index < -0.39 is 11.6 Å². The summed E-state index contributed by atoms with van der Waals surface area (Å²) in [5, 5.41) is 2.77. The molecule has 0 aromatic heterocycles. The molecule has 6 heteroatoms. The average Bonchev–Trinajstić information content (AvgIpc) is 2.88. The molecule has 6 nitrogen and oxygen atoms in total. The van der Waals surface area contributed by atoms with E-state index in [0.29, 0.717) is 6.54 Å². The van der Waals surface area contributed by atoms with Crippen molar-refractivity contribution in [1.29, 1.82) is 0 Å². The molecule has 4 amide bonds. The van der Waals surface area contributed by atoms with Gasteiger partial charge in [0.2, 0.25) is 5.91 Å². The number of benzene rings is 1. The number of imide groups is 1. The fraction of sp³-hybridized carbons (Fsp3) is 0.571. The number of hydrogen-bond donors (Lipinski definition) is 1. The maximum atomic E-state index is 13.0. The Morgan fingerprint density at radius 1 is 1.19 bits per heavy atom. The molecule has 1 aliphatic carbocycles. The molecule has 1 heterocycles. The van der Waals surface area contributed by atoms with Gasteiger partial charge in [0.05, 0.1) is 0 Å². The van der Waals surface area contributed by atoms with Gasteiger partial charge in [-0.25, -0.2) is 4.79 Å². The van der Waals surface area contributed by atoms with Crippen molar-refractivity contribution in [2.24, 2.45) is 0 Å². The maximum absolute atomic E-state index is 13.0. The number of urea groups is 1. The lowest BCUT2D eigenvalue weighted by molar-refractivity contribution is -0.140. The minimum Gasteiger partial charge on any atom is -0.338 e. The third-order valence-corrected chi connectivity index (χ3v) is 5.87. The zero-order chi connectivity index (χ0) is 19.6. The van der Waals surface area contributed by atoms with Crippen LogP contribution in [-0.2, 0) is 15.1 Å². The molecule has 0 unspecified atom stereocenters. The van der Waals surface area contributed by atoms with Crippen LogP contribution in [0.25, 0.3) is 0 Å². The van der Waals surface area contributed by atoms with Gasteiger partial charge in [0.25, 0.3) is 5.91 Å². The van der Waals surface area contributed by atoms with E-state index in [0.717, 1.165) is 41.7 Å². The Kier molecular flexibility index (Phi) is 5.53. The molecule has 1 saturated carbocycles. The molecule has 1 saturated heterocycles. The Morgan fingerprint density at radius 3 is 2.41 bits per heavy atom. The molecule has 1 aliphatic heterocycles. The first-order valence-corrected chi connectivity index (χ1v) is 9.87. The van der Waals surface area contributed by atoms with E-state index in [1.165, 1.54) is 6.42 Å². The topological polar surface area (TPSA) is 69.7 Å². The van der Waals surface area contributed by atoms with Gasteiger partial charge >= 0.3 is 6.03 Å². The van der Waals surface area contributed by atoms with E-state index in [1.54, 1.807) is 6.92 Å². The summed E-state index contributed by atoms with van der Waals surface area (Å²) in [5.41, 5.74) is 0.672. The molecule has 0 radical (unpaired) electrons. The van der Waals surface area contributed by atoms with E-state index in [1.807, 2.05) is 43.0 Å². The monoisotopic (exact) mass is 371 g/mol. The van der Waals surface area contributed by atoms with Crippen molar-refractivity contribution in [2.45, 2.75) is 64.5 Å². The van der Waals surface area contributed by atoms with Crippen LogP contribution < -0.4 is 5.32 Å². The summed E-state index contributed by atoms with van der Waals surface area (Å²) < 4.78 is 0. The standard InChI is InChI=1S/C21H29N3O3/c1-4-23(17-8-6-5-7-9-17)18(25)14-24-19(26)21(3,22-20(24)27)16-12-10-15(2)11-13-16/h10-13,17H,4-9,14H2,1-3H3,(H,22,27)/t21-/m0/s1. The van der Waals surface area contributed by atoms with Gasteiger partial charge in [-0.05, 0) is 39.2 Å². The van der Waals surface area contributed by atoms with Gasteiger partial charge in [0.1, 0.15) is 12.1 Å². The molecule has 3 rings (SSSR count). The molecule has 0 bridgehead atoms. The number of aryl methyl sites for hydroxylation is 1. The van der Waals surface area contributed by atoms with E-state index >= 15 is 0 Å². The summed E-state index contributed by atoms with van der Waals surface area (Å²) in [4.78, 5) is 41.3. The van der Waals surface area contributed by atoms with Crippen molar-refractivity contribution < 1.29 is 14.4 Å². The van der Waals surface area contributed by atoms with Crippen molar-refractivity contribution >= 4 is 17.8 Å². The van der Waals surface area contributed by atoms with Gasteiger partial charge in [-0.1, -0.05) is 49.1 Å². The minimum absolute atomic E-state index is 0.152. The molecule has 146 valence electrons. The molecule has 27 heavy (non-hydrogen) atoms. The van der Waals surface area contributed by atoms with Crippen molar-refractivity contribution in [1.82, 2.24) is 15.1 Å². The molecular formula is C21H29N3O3. The number of nitrogens with zero attached hydrogens (tertiary/aromatic N) is 2. The first kappa shape index (κ1) is 19.4. The highest BCUT2D eigenvalue weighted by atomic mass is 16.2. The molecule has 1 N–H and O–H groups in total. The summed E-state index contributed by atoms with van der Waals surface area (Å²) in [6.07, 6.45) is 5.47. The van der Waals surface area contributed by atoms with Crippen LogP contribution in [0.5, 0.6) is 0 Å². The summed E-state index contributed by atoms with van der Waals surface area (Å²) in [6.45, 7) is 6.02. The van der Waals surface area contributed by atoms with Gasteiger partial charge in [0.15, 0.2) is 0 Å². The Hall–Kier alpha value is -2.37. The van der Waals surface area contributed by atoms with Crippen LogP contribution in [0.15, 0.2) is 24.3 Å². The first-order valence-electron chi connectivity index (χ1n) is 9.87. The lowest BCUT2D eigenvalue weighted by Crippen LogP contribution is -2.48. The fourth-order valence-electron chi connectivity index (χ4n) is 4.18. The maximum Gasteiger partial charge on any atom is 0.325 e. The average molecular weight is 371 g/mol. The Bertz CT molecular complexity index is 725. The second kappa shape index (κ2) is 7.71. The summed E-state index contributed by atoms with van der Waals surface area (Å²) >= 11 is 0. The number of carbonyl (C=O) groups is 3. The summed E-state index contributed by atoms with van der Waals surface area (Å²) in [6, 6.07) is 7.24. The van der Waals surface area contributed by atoms with E-state index in [-0.39, 0.29) is 24.4 Å². The zero-order valence-corrected chi connectivity index (χ0v) is 16.5. The Morgan fingerprint density at radius 2 is 1.81 bits per heavy atom. The molecule has 0 spiro atoms. The number of nitrogens with one attached hydrogen (secondary N) is 1. The number of hydrogen-bond acceptors (Lipinski definition) is 3.